The Hall–Kier alpha value is -1.63. The van der Waals surface area contributed by atoms with Gasteiger partial charge in [-0.3, -0.25) is 10.1 Å². The maximum absolute atomic E-state index is 13.9. The number of rotatable bonds is 0. The molecule has 1 aromatic carbocycles. The van der Waals surface area contributed by atoms with Crippen LogP contribution < -0.4 is 15.4 Å². The van der Waals surface area contributed by atoms with E-state index in [1.54, 1.807) is 6.07 Å². The Labute approximate surface area is 110 Å². The second kappa shape index (κ2) is 3.68. The minimum atomic E-state index is -1.22. The predicted molar refractivity (Wildman–Crippen MR) is 62.6 cm³/mol. The summed E-state index contributed by atoms with van der Waals surface area (Å²) in [5.41, 5.74) is -0.871. The topological polar surface area (TPSA) is 67.4 Å². The number of hydrogen-bond acceptors (Lipinski definition) is 3. The number of amides is 3. The first kappa shape index (κ1) is 11.5. The lowest BCUT2D eigenvalue weighted by Crippen LogP contribution is -2.47. The number of carbonyl (C=O) groups excluding carboxylic acids is 2. The van der Waals surface area contributed by atoms with Crippen LogP contribution in [0.4, 0.5) is 9.18 Å². The zero-order chi connectivity index (χ0) is 12.9. The second-order valence-electron chi connectivity index (χ2n) is 4.15. The summed E-state index contributed by atoms with van der Waals surface area (Å²) in [6.45, 7) is 0.161. The van der Waals surface area contributed by atoms with Crippen LogP contribution in [-0.2, 0) is 10.3 Å². The van der Waals surface area contributed by atoms with Crippen LogP contribution in [-0.4, -0.2) is 18.5 Å². The molecule has 0 aromatic heterocycles. The first-order valence-electron chi connectivity index (χ1n) is 5.29. The molecule has 2 aliphatic heterocycles. The molecule has 1 atom stereocenters. The fourth-order valence-electron chi connectivity index (χ4n) is 2.31. The van der Waals surface area contributed by atoms with E-state index >= 15 is 0 Å². The van der Waals surface area contributed by atoms with Crippen molar-refractivity contribution in [1.29, 1.82) is 0 Å². The average Bonchev–Trinajstić information content (AvgIpc) is 2.60. The molecule has 7 heteroatoms. The van der Waals surface area contributed by atoms with Crippen molar-refractivity contribution in [2.45, 2.75) is 12.0 Å². The maximum Gasteiger partial charge on any atom is 0.322 e. The van der Waals surface area contributed by atoms with Gasteiger partial charge in [-0.25, -0.2) is 9.18 Å². The van der Waals surface area contributed by atoms with Gasteiger partial charge in [0.2, 0.25) is 0 Å². The third kappa shape index (κ3) is 1.37. The number of nitrogens with one attached hydrogen (secondary N) is 2. The molecule has 1 saturated heterocycles. The van der Waals surface area contributed by atoms with Gasteiger partial charge in [-0.15, -0.1) is 0 Å². The van der Waals surface area contributed by atoms with Crippen LogP contribution in [0.1, 0.15) is 12.0 Å². The molecule has 94 valence electrons. The van der Waals surface area contributed by atoms with E-state index in [1.165, 1.54) is 6.07 Å². The summed E-state index contributed by atoms with van der Waals surface area (Å²) in [4.78, 5) is 23.2. The fraction of sp³-hybridized carbons (Fsp3) is 0.273. The van der Waals surface area contributed by atoms with Crippen molar-refractivity contribution in [2.24, 2.45) is 0 Å². The number of fused-ring (bicyclic) bond motifs is 2. The van der Waals surface area contributed by atoms with Gasteiger partial charge in [0, 0.05) is 12.0 Å². The molecule has 1 spiro atoms. The number of hydrogen-bond donors (Lipinski definition) is 2. The Morgan fingerprint density at radius 1 is 1.39 bits per heavy atom. The van der Waals surface area contributed by atoms with E-state index in [-0.39, 0.29) is 23.2 Å². The number of benzene rings is 1. The van der Waals surface area contributed by atoms with Crippen molar-refractivity contribution in [2.75, 3.05) is 6.61 Å². The molecule has 2 N–H and O–H groups in total. The first-order valence-corrected chi connectivity index (χ1v) is 6.09. The molecule has 0 radical (unpaired) electrons. The fourth-order valence-corrected chi connectivity index (χ4v) is 2.62. The number of imide groups is 1. The Bertz CT molecular complexity index is 578. The van der Waals surface area contributed by atoms with Gasteiger partial charge in [0.1, 0.15) is 0 Å². The molecule has 0 unspecified atom stereocenters. The third-order valence-corrected chi connectivity index (χ3v) is 3.79. The van der Waals surface area contributed by atoms with E-state index in [1.807, 2.05) is 0 Å². The van der Waals surface area contributed by atoms with Gasteiger partial charge < -0.3 is 10.1 Å². The molecular formula is C11H8BrFN2O3. The smallest absolute Gasteiger partial charge is 0.322 e. The number of carbonyl (C=O) groups is 2. The highest BCUT2D eigenvalue weighted by molar-refractivity contribution is 9.10. The molecule has 0 aliphatic carbocycles. The van der Waals surface area contributed by atoms with Crippen molar-refractivity contribution in [3.63, 3.8) is 0 Å². The van der Waals surface area contributed by atoms with Crippen LogP contribution in [0, 0.1) is 5.82 Å². The van der Waals surface area contributed by atoms with Crippen LogP contribution in [0.25, 0.3) is 0 Å². The Kier molecular flexibility index (Phi) is 2.34. The highest BCUT2D eigenvalue weighted by Gasteiger charge is 2.51. The van der Waals surface area contributed by atoms with Gasteiger partial charge >= 0.3 is 6.03 Å². The predicted octanol–water partition coefficient (Wildman–Crippen LogP) is 1.41. The minimum absolute atomic E-state index is 0.00738. The van der Waals surface area contributed by atoms with Gasteiger partial charge in [-0.05, 0) is 22.0 Å². The van der Waals surface area contributed by atoms with E-state index in [4.69, 9.17) is 4.74 Å². The lowest BCUT2D eigenvalue weighted by molar-refractivity contribution is -0.125. The molecule has 0 bridgehead atoms. The summed E-state index contributed by atoms with van der Waals surface area (Å²) in [6.07, 6.45) is 0.276. The molecule has 3 amide bonds. The van der Waals surface area contributed by atoms with E-state index < -0.39 is 23.3 Å². The van der Waals surface area contributed by atoms with Crippen LogP contribution in [0.5, 0.6) is 5.75 Å². The SMILES string of the molecule is O=C1NC(=O)[C@]2(CCOc3c2ccc(Br)c3F)N1. The third-order valence-electron chi connectivity index (χ3n) is 3.17. The number of ether oxygens (including phenoxy) is 1. The molecule has 0 saturated carbocycles. The van der Waals surface area contributed by atoms with Gasteiger partial charge in [0.15, 0.2) is 17.1 Å². The lowest BCUT2D eigenvalue weighted by atomic mass is 9.84. The van der Waals surface area contributed by atoms with E-state index in [0.29, 0.717) is 5.56 Å². The van der Waals surface area contributed by atoms with Crippen molar-refractivity contribution in [3.8, 4) is 5.75 Å². The molecule has 18 heavy (non-hydrogen) atoms. The summed E-state index contributed by atoms with van der Waals surface area (Å²) in [5.74, 6) is -1.03. The zero-order valence-electron chi connectivity index (χ0n) is 9.05. The number of halogens is 2. The summed E-state index contributed by atoms with van der Waals surface area (Å²) >= 11 is 3.06. The first-order chi connectivity index (χ1) is 8.54. The van der Waals surface area contributed by atoms with Crippen LogP contribution >= 0.6 is 15.9 Å². The van der Waals surface area contributed by atoms with Crippen molar-refractivity contribution in [3.05, 3.63) is 28.0 Å². The molecular weight excluding hydrogens is 307 g/mol. The summed E-state index contributed by atoms with van der Waals surface area (Å²) < 4.78 is 19.4. The van der Waals surface area contributed by atoms with Crippen LogP contribution in [0.2, 0.25) is 0 Å². The van der Waals surface area contributed by atoms with Gasteiger partial charge in [-0.1, -0.05) is 6.07 Å². The summed E-state index contributed by atoms with van der Waals surface area (Å²) in [6, 6.07) is 2.49. The van der Waals surface area contributed by atoms with E-state index in [0.717, 1.165) is 0 Å². The molecule has 2 aliphatic rings. The minimum Gasteiger partial charge on any atom is -0.490 e. The quantitative estimate of drug-likeness (QED) is 0.711. The maximum atomic E-state index is 13.9. The van der Waals surface area contributed by atoms with Gasteiger partial charge in [0.05, 0.1) is 11.1 Å². The van der Waals surface area contributed by atoms with Crippen molar-refractivity contribution >= 4 is 27.9 Å². The zero-order valence-corrected chi connectivity index (χ0v) is 10.6. The summed E-state index contributed by atoms with van der Waals surface area (Å²) in [7, 11) is 0. The molecule has 3 rings (SSSR count). The van der Waals surface area contributed by atoms with Gasteiger partial charge in [-0.2, -0.15) is 0 Å². The van der Waals surface area contributed by atoms with Crippen LogP contribution in [0.3, 0.4) is 0 Å². The highest BCUT2D eigenvalue weighted by Crippen LogP contribution is 2.42. The van der Waals surface area contributed by atoms with Crippen LogP contribution in [0.15, 0.2) is 16.6 Å². The Balaban J connectivity index is 2.22. The average molecular weight is 315 g/mol. The standard InChI is InChI=1S/C11H8BrFN2O3/c12-6-2-1-5-8(7(6)13)18-4-3-11(5)9(16)14-10(17)15-11/h1-2H,3-4H2,(H2,14,15,16,17)/t11-/m1/s1. The van der Waals surface area contributed by atoms with E-state index in [2.05, 4.69) is 26.6 Å². The molecule has 1 aromatic rings. The van der Waals surface area contributed by atoms with Crippen molar-refractivity contribution in [1.82, 2.24) is 10.6 Å². The molecule has 5 nitrogen and oxygen atoms in total. The number of urea groups is 1. The molecule has 2 heterocycles. The second-order valence-corrected chi connectivity index (χ2v) is 5.00. The Morgan fingerprint density at radius 2 is 2.17 bits per heavy atom. The molecule has 1 fully saturated rings. The highest BCUT2D eigenvalue weighted by atomic mass is 79.9. The largest absolute Gasteiger partial charge is 0.490 e. The van der Waals surface area contributed by atoms with Crippen molar-refractivity contribution < 1.29 is 18.7 Å². The van der Waals surface area contributed by atoms with E-state index in [9.17, 15) is 14.0 Å². The monoisotopic (exact) mass is 314 g/mol. The summed E-state index contributed by atoms with van der Waals surface area (Å²) in [5, 5.41) is 4.73. The lowest BCUT2D eigenvalue weighted by Gasteiger charge is -2.32. The normalized spacial score (nSPS) is 25.4. The Morgan fingerprint density at radius 3 is 2.83 bits per heavy atom. The van der Waals surface area contributed by atoms with Gasteiger partial charge in [0.25, 0.3) is 5.91 Å².